The maximum absolute atomic E-state index is 13.9. The first kappa shape index (κ1) is 23.4. The number of likely N-dealkylation sites (N-methyl/N-ethyl adjacent to an activating group) is 1. The summed E-state index contributed by atoms with van der Waals surface area (Å²) in [6.45, 7) is 4.79. The van der Waals surface area contributed by atoms with Gasteiger partial charge in [-0.3, -0.25) is 20.1 Å². The molecule has 0 radical (unpaired) electrons. The van der Waals surface area contributed by atoms with Crippen LogP contribution < -0.4 is 5.32 Å². The number of imidazole rings is 1. The van der Waals surface area contributed by atoms with Gasteiger partial charge in [0, 0.05) is 41.1 Å². The highest BCUT2D eigenvalue weighted by atomic mass is 19.1. The number of nitrogens with one attached hydrogen (secondary N) is 3. The second-order valence-corrected chi connectivity index (χ2v) is 9.27. The Bertz CT molecular complexity index is 1800. The van der Waals surface area contributed by atoms with Gasteiger partial charge in [0.15, 0.2) is 5.82 Å². The van der Waals surface area contributed by atoms with Crippen LogP contribution in [0.5, 0.6) is 0 Å². The molecule has 0 atom stereocenters. The van der Waals surface area contributed by atoms with E-state index in [-0.39, 0.29) is 5.82 Å². The minimum atomic E-state index is -0.328. The number of pyridine rings is 3. The van der Waals surface area contributed by atoms with Crippen LogP contribution in [-0.2, 0) is 0 Å². The van der Waals surface area contributed by atoms with E-state index in [1.165, 1.54) is 12.1 Å². The van der Waals surface area contributed by atoms with Crippen LogP contribution in [0.2, 0.25) is 0 Å². The van der Waals surface area contributed by atoms with Crippen LogP contribution in [0.15, 0.2) is 79.5 Å². The van der Waals surface area contributed by atoms with Crippen LogP contribution in [0.3, 0.4) is 0 Å². The van der Waals surface area contributed by atoms with Crippen LogP contribution in [0, 0.1) is 5.82 Å². The lowest BCUT2D eigenvalue weighted by Gasteiger charge is -2.14. The zero-order chi connectivity index (χ0) is 26.2. The second kappa shape index (κ2) is 9.49. The van der Waals surface area contributed by atoms with Gasteiger partial charge in [0.05, 0.1) is 40.5 Å². The van der Waals surface area contributed by atoms with Gasteiger partial charge in [-0.25, -0.2) is 9.37 Å². The van der Waals surface area contributed by atoms with Gasteiger partial charge >= 0.3 is 0 Å². The number of nitrogens with zero attached hydrogens (tertiary/aromatic N) is 6. The number of anilines is 1. The fourth-order valence-corrected chi connectivity index (χ4v) is 4.42. The van der Waals surface area contributed by atoms with Crippen molar-refractivity contribution < 1.29 is 4.39 Å². The molecule has 6 aromatic rings. The van der Waals surface area contributed by atoms with E-state index in [4.69, 9.17) is 4.98 Å². The molecule has 38 heavy (non-hydrogen) atoms. The average molecular weight is 506 g/mol. The van der Waals surface area contributed by atoms with Gasteiger partial charge in [0.25, 0.3) is 0 Å². The molecule has 5 aromatic heterocycles. The molecule has 0 amide bonds. The summed E-state index contributed by atoms with van der Waals surface area (Å²) >= 11 is 0. The Hall–Kier alpha value is -4.96. The van der Waals surface area contributed by atoms with Crippen molar-refractivity contribution in [1.29, 1.82) is 0 Å². The predicted molar refractivity (Wildman–Crippen MR) is 147 cm³/mol. The molecule has 0 aliphatic heterocycles. The van der Waals surface area contributed by atoms with Gasteiger partial charge in [0.2, 0.25) is 0 Å². The molecule has 0 aliphatic rings. The molecule has 1 aromatic carbocycles. The minimum Gasteiger partial charge on any atom is -0.357 e. The van der Waals surface area contributed by atoms with Crippen molar-refractivity contribution in [2.24, 2.45) is 0 Å². The van der Waals surface area contributed by atoms with E-state index in [1.54, 1.807) is 30.9 Å². The molecule has 10 heteroatoms. The average Bonchev–Trinajstić information content (AvgIpc) is 3.52. The second-order valence-electron chi connectivity index (χ2n) is 9.27. The molecular weight excluding hydrogens is 481 g/mol. The van der Waals surface area contributed by atoms with Crippen molar-refractivity contribution in [3.05, 3.63) is 85.3 Å². The van der Waals surface area contributed by atoms with Crippen LogP contribution in [0.25, 0.3) is 56.0 Å². The Morgan fingerprint density at radius 3 is 2.74 bits per heavy atom. The normalized spacial score (nSPS) is 11.5. The molecule has 9 nitrogen and oxygen atoms in total. The molecule has 0 bridgehead atoms. The van der Waals surface area contributed by atoms with Crippen molar-refractivity contribution >= 4 is 27.6 Å². The van der Waals surface area contributed by atoms with Crippen LogP contribution in [-0.4, -0.2) is 60.7 Å². The van der Waals surface area contributed by atoms with Crippen molar-refractivity contribution in [3.8, 4) is 34.0 Å². The monoisotopic (exact) mass is 505 g/mol. The van der Waals surface area contributed by atoms with Crippen LogP contribution in [0.1, 0.15) is 0 Å². The summed E-state index contributed by atoms with van der Waals surface area (Å²) in [4.78, 5) is 23.6. The number of H-pyrrole nitrogens is 2. The molecule has 6 rings (SSSR count). The van der Waals surface area contributed by atoms with Gasteiger partial charge in [0.1, 0.15) is 17.0 Å². The van der Waals surface area contributed by atoms with E-state index in [0.717, 1.165) is 39.1 Å². The summed E-state index contributed by atoms with van der Waals surface area (Å²) in [7, 11) is 3.98. The smallest absolute Gasteiger partial charge is 0.159 e. The fraction of sp³-hybridized carbons (Fsp3) is 0.107. The van der Waals surface area contributed by atoms with Crippen molar-refractivity contribution in [2.45, 2.75) is 0 Å². The molecule has 0 aliphatic carbocycles. The third-order valence-corrected chi connectivity index (χ3v) is 6.03. The van der Waals surface area contributed by atoms with E-state index >= 15 is 0 Å². The number of halogens is 1. The number of rotatable bonds is 7. The topological polar surface area (TPSA) is 111 Å². The number of aromatic amines is 2. The molecule has 3 N–H and O–H groups in total. The Labute approximate surface area is 217 Å². The fourth-order valence-electron chi connectivity index (χ4n) is 4.42. The Kier molecular flexibility index (Phi) is 5.85. The maximum atomic E-state index is 13.9. The molecule has 5 heterocycles. The Morgan fingerprint density at radius 2 is 1.89 bits per heavy atom. The summed E-state index contributed by atoms with van der Waals surface area (Å²) in [5, 5.41) is 11.7. The number of hydrogen-bond acceptors (Lipinski definition) is 7. The third kappa shape index (κ3) is 4.48. The molecule has 0 unspecified atom stereocenters. The molecule has 0 spiro atoms. The number of hydrogen-bond donors (Lipinski definition) is 3. The zero-order valence-electron chi connectivity index (χ0n) is 20.8. The van der Waals surface area contributed by atoms with E-state index in [0.29, 0.717) is 34.8 Å². The summed E-state index contributed by atoms with van der Waals surface area (Å²) in [5.41, 5.74) is 7.38. The molecule has 0 fully saturated rings. The van der Waals surface area contributed by atoms with Gasteiger partial charge in [-0.05, 0) is 44.4 Å². The highest BCUT2D eigenvalue weighted by Crippen LogP contribution is 2.32. The molecule has 188 valence electrons. The lowest BCUT2D eigenvalue weighted by molar-refractivity contribution is 0.447. The highest BCUT2D eigenvalue weighted by Gasteiger charge is 2.17. The van der Waals surface area contributed by atoms with Crippen LogP contribution >= 0.6 is 0 Å². The summed E-state index contributed by atoms with van der Waals surface area (Å²) in [6.07, 6.45) is 6.95. The summed E-state index contributed by atoms with van der Waals surface area (Å²) in [5.74, 6) is 0.244. The SMILES string of the molecule is C=C(CN(C)C)Nc1cncc(-c2cc3c(-c4nc5c(-c6cccc(F)c6)nccc5[nH]4)n[nH]c3cn2)c1. The largest absolute Gasteiger partial charge is 0.357 e. The first-order chi connectivity index (χ1) is 18.4. The number of benzene rings is 1. The van der Waals surface area contributed by atoms with Crippen molar-refractivity contribution in [2.75, 3.05) is 26.0 Å². The zero-order valence-corrected chi connectivity index (χ0v) is 20.8. The van der Waals surface area contributed by atoms with Crippen molar-refractivity contribution in [1.82, 2.24) is 40.0 Å². The lowest BCUT2D eigenvalue weighted by atomic mass is 10.1. The minimum absolute atomic E-state index is 0.328. The number of aromatic nitrogens is 7. The molecule has 0 saturated heterocycles. The highest BCUT2D eigenvalue weighted by molar-refractivity contribution is 5.96. The van der Waals surface area contributed by atoms with E-state index in [1.807, 2.05) is 43.3 Å². The third-order valence-electron chi connectivity index (χ3n) is 6.03. The van der Waals surface area contributed by atoms with E-state index in [2.05, 4.69) is 42.0 Å². The Balaban J connectivity index is 1.38. The predicted octanol–water partition coefficient (Wildman–Crippen LogP) is 5.25. The first-order valence-electron chi connectivity index (χ1n) is 11.9. The number of fused-ring (bicyclic) bond motifs is 2. The Morgan fingerprint density at radius 1 is 1.00 bits per heavy atom. The first-order valence-corrected chi connectivity index (χ1v) is 11.9. The van der Waals surface area contributed by atoms with E-state index < -0.39 is 0 Å². The lowest BCUT2D eigenvalue weighted by Crippen LogP contribution is -2.18. The molecule has 0 saturated carbocycles. The van der Waals surface area contributed by atoms with Crippen LogP contribution in [0.4, 0.5) is 10.1 Å². The van der Waals surface area contributed by atoms with Gasteiger partial charge < -0.3 is 15.2 Å². The standard InChI is InChI=1S/C28H24FN9/c1-16(15-38(2)3)33-20-10-18(12-30-13-20)23-11-21-24(14-32-23)36-37-26(21)28-34-22-7-8-31-25(27(22)35-28)17-5-4-6-19(29)9-17/h4-14,33H,1,15H2,2-3H3,(H,34,35)(H,36,37). The quantitative estimate of drug-likeness (QED) is 0.272. The van der Waals surface area contributed by atoms with Gasteiger partial charge in [-0.15, -0.1) is 0 Å². The van der Waals surface area contributed by atoms with Gasteiger partial charge in [-0.2, -0.15) is 5.10 Å². The van der Waals surface area contributed by atoms with E-state index in [9.17, 15) is 4.39 Å². The van der Waals surface area contributed by atoms with Gasteiger partial charge in [-0.1, -0.05) is 18.7 Å². The summed E-state index contributed by atoms with van der Waals surface area (Å²) < 4.78 is 13.9. The maximum Gasteiger partial charge on any atom is 0.159 e. The van der Waals surface area contributed by atoms with Crippen molar-refractivity contribution in [3.63, 3.8) is 0 Å². The molecular formula is C28H24FN9. The summed E-state index contributed by atoms with van der Waals surface area (Å²) in [6, 6.07) is 12.1.